The Labute approximate surface area is 166 Å². The van der Waals surface area contributed by atoms with Crippen molar-refractivity contribution in [1.82, 2.24) is 0 Å². The Balaban J connectivity index is 2.23. The Morgan fingerprint density at radius 3 is 2.33 bits per heavy atom. The number of nitriles is 1. The van der Waals surface area contributed by atoms with Gasteiger partial charge in [-0.3, -0.25) is 9.59 Å². The normalized spacial score (nSPS) is 10.8. The topological polar surface area (TPSA) is 105 Å². The minimum atomic E-state index is -0.675. The number of aryl methyl sites for hydroxylation is 1. The summed E-state index contributed by atoms with van der Waals surface area (Å²) < 4.78 is 5.15. The number of carbonyl (C=O) groups excluding carboxylic acids is 2. The average Bonchev–Trinajstić information content (AvgIpc) is 2.60. The molecule has 0 radical (unpaired) electrons. The Hall–Kier alpha value is -3.01. The van der Waals surface area contributed by atoms with Crippen LogP contribution in [0.1, 0.15) is 11.1 Å². The zero-order valence-corrected chi connectivity index (χ0v) is 15.8. The van der Waals surface area contributed by atoms with Gasteiger partial charge in [-0.25, -0.2) is 0 Å². The number of amides is 2. The summed E-state index contributed by atoms with van der Waals surface area (Å²) in [6, 6.07) is 11.9. The molecule has 0 unspecified atom stereocenters. The van der Waals surface area contributed by atoms with Gasteiger partial charge in [0.25, 0.3) is 11.8 Å². The van der Waals surface area contributed by atoms with E-state index in [9.17, 15) is 14.9 Å². The highest BCUT2D eigenvalue weighted by molar-refractivity contribution is 6.37. The van der Waals surface area contributed by atoms with Gasteiger partial charge in [0.1, 0.15) is 11.6 Å². The monoisotopic (exact) mass is 403 g/mol. The lowest BCUT2D eigenvalue weighted by Crippen LogP contribution is -2.20. The molecule has 2 aromatic rings. The molecule has 2 aromatic carbocycles. The molecule has 0 saturated heterocycles. The Bertz CT molecular complexity index is 925. The molecule has 3 N–H and O–H groups in total. The quantitative estimate of drug-likeness (QED) is 0.566. The van der Waals surface area contributed by atoms with Gasteiger partial charge in [-0.15, -0.1) is 0 Å². The van der Waals surface area contributed by atoms with Crippen LogP contribution in [0.3, 0.4) is 0 Å². The van der Waals surface area contributed by atoms with Crippen molar-refractivity contribution in [2.45, 2.75) is 6.92 Å². The van der Waals surface area contributed by atoms with Gasteiger partial charge in [-0.2, -0.15) is 5.26 Å². The summed E-state index contributed by atoms with van der Waals surface area (Å²) in [6.45, 7) is 1.55. The second-order valence-corrected chi connectivity index (χ2v) is 6.37. The van der Waals surface area contributed by atoms with Crippen LogP contribution in [0, 0.1) is 18.3 Å². The van der Waals surface area contributed by atoms with Gasteiger partial charge in [0.15, 0.2) is 12.4 Å². The number of primary amides is 1. The number of hydrogen-bond donors (Lipinski definition) is 2. The van der Waals surface area contributed by atoms with E-state index in [2.05, 4.69) is 5.32 Å². The SMILES string of the molecule is Cc1ccc(NC(=O)/C(C#N)=C/c2cc(Cl)c(OCC(N)=O)c(Cl)c2)cc1. The van der Waals surface area contributed by atoms with Crippen molar-refractivity contribution in [3.63, 3.8) is 0 Å². The number of nitrogens with two attached hydrogens (primary N) is 1. The summed E-state index contributed by atoms with van der Waals surface area (Å²) in [6.07, 6.45) is 1.35. The molecule has 0 bridgehead atoms. The molecule has 0 aliphatic rings. The van der Waals surface area contributed by atoms with Crippen LogP contribution >= 0.6 is 23.2 Å². The fourth-order valence-electron chi connectivity index (χ4n) is 2.09. The molecular formula is C19H15Cl2N3O3. The highest BCUT2D eigenvalue weighted by Gasteiger charge is 2.13. The zero-order valence-electron chi connectivity index (χ0n) is 14.3. The maximum absolute atomic E-state index is 12.3. The van der Waals surface area contributed by atoms with Crippen LogP contribution < -0.4 is 15.8 Å². The molecule has 0 spiro atoms. The number of hydrogen-bond acceptors (Lipinski definition) is 4. The van der Waals surface area contributed by atoms with Crippen LogP contribution in [-0.2, 0) is 9.59 Å². The summed E-state index contributed by atoms with van der Waals surface area (Å²) in [5.41, 5.74) is 6.93. The van der Waals surface area contributed by atoms with Crippen molar-refractivity contribution in [1.29, 1.82) is 5.26 Å². The molecule has 27 heavy (non-hydrogen) atoms. The van der Waals surface area contributed by atoms with E-state index in [0.29, 0.717) is 11.3 Å². The first-order chi connectivity index (χ1) is 12.8. The summed E-state index contributed by atoms with van der Waals surface area (Å²) >= 11 is 12.2. The third-order valence-corrected chi connectivity index (χ3v) is 3.93. The maximum atomic E-state index is 12.3. The van der Waals surface area contributed by atoms with E-state index in [1.54, 1.807) is 12.1 Å². The lowest BCUT2D eigenvalue weighted by atomic mass is 10.1. The first-order valence-corrected chi connectivity index (χ1v) is 8.45. The van der Waals surface area contributed by atoms with Crippen LogP contribution in [0.2, 0.25) is 10.0 Å². The predicted octanol–water partition coefficient (Wildman–Crippen LogP) is 3.71. The first kappa shape index (κ1) is 20.3. The molecule has 2 amide bonds. The van der Waals surface area contributed by atoms with Gasteiger partial charge < -0.3 is 15.8 Å². The van der Waals surface area contributed by atoms with Crippen LogP contribution in [0.4, 0.5) is 5.69 Å². The molecule has 0 aliphatic heterocycles. The molecule has 0 heterocycles. The molecule has 0 aromatic heterocycles. The number of nitrogens with one attached hydrogen (secondary N) is 1. The number of rotatable bonds is 6. The third-order valence-electron chi connectivity index (χ3n) is 3.36. The van der Waals surface area contributed by atoms with Crippen LogP contribution in [0.5, 0.6) is 5.75 Å². The van der Waals surface area contributed by atoms with Crippen LogP contribution in [0.15, 0.2) is 42.0 Å². The van der Waals surface area contributed by atoms with Gasteiger partial charge in [0.2, 0.25) is 0 Å². The highest BCUT2D eigenvalue weighted by Crippen LogP contribution is 2.34. The van der Waals surface area contributed by atoms with Crippen molar-refractivity contribution in [3.05, 3.63) is 63.1 Å². The number of anilines is 1. The summed E-state index contributed by atoms with van der Waals surface area (Å²) in [5, 5.41) is 12.2. The van der Waals surface area contributed by atoms with E-state index < -0.39 is 11.8 Å². The lowest BCUT2D eigenvalue weighted by Gasteiger charge is -2.09. The fourth-order valence-corrected chi connectivity index (χ4v) is 2.71. The highest BCUT2D eigenvalue weighted by atomic mass is 35.5. The van der Waals surface area contributed by atoms with Gasteiger partial charge in [-0.1, -0.05) is 40.9 Å². The summed E-state index contributed by atoms with van der Waals surface area (Å²) in [4.78, 5) is 23.1. The maximum Gasteiger partial charge on any atom is 0.266 e. The van der Waals surface area contributed by atoms with Crippen molar-refractivity contribution in [2.75, 3.05) is 11.9 Å². The van der Waals surface area contributed by atoms with E-state index in [0.717, 1.165) is 5.56 Å². The van der Waals surface area contributed by atoms with E-state index in [1.165, 1.54) is 18.2 Å². The Morgan fingerprint density at radius 1 is 1.22 bits per heavy atom. The van der Waals surface area contributed by atoms with Crippen LogP contribution in [0.25, 0.3) is 6.08 Å². The van der Waals surface area contributed by atoms with E-state index in [-0.39, 0.29) is 28.0 Å². The van der Waals surface area contributed by atoms with Crippen molar-refractivity contribution < 1.29 is 14.3 Å². The number of carbonyl (C=O) groups is 2. The summed E-state index contributed by atoms with van der Waals surface area (Å²) in [7, 11) is 0. The lowest BCUT2D eigenvalue weighted by molar-refractivity contribution is -0.120. The Kier molecular flexibility index (Phi) is 6.83. The minimum absolute atomic E-state index is 0.0943. The van der Waals surface area contributed by atoms with Crippen molar-refractivity contribution in [3.8, 4) is 11.8 Å². The zero-order chi connectivity index (χ0) is 20.0. The van der Waals surface area contributed by atoms with E-state index in [4.69, 9.17) is 33.7 Å². The summed E-state index contributed by atoms with van der Waals surface area (Å²) in [5.74, 6) is -1.15. The molecule has 0 aliphatic carbocycles. The molecule has 0 fully saturated rings. The molecule has 138 valence electrons. The Morgan fingerprint density at radius 2 is 1.81 bits per heavy atom. The average molecular weight is 404 g/mol. The second-order valence-electron chi connectivity index (χ2n) is 5.56. The van der Waals surface area contributed by atoms with Gasteiger partial charge >= 0.3 is 0 Å². The van der Waals surface area contributed by atoms with Crippen LogP contribution in [-0.4, -0.2) is 18.4 Å². The van der Waals surface area contributed by atoms with E-state index >= 15 is 0 Å². The van der Waals surface area contributed by atoms with Gasteiger partial charge in [0.05, 0.1) is 10.0 Å². The van der Waals surface area contributed by atoms with Gasteiger partial charge in [-0.05, 0) is 42.8 Å². The second kappa shape index (κ2) is 9.08. The van der Waals surface area contributed by atoms with E-state index in [1.807, 2.05) is 25.1 Å². The molecule has 2 rings (SSSR count). The van der Waals surface area contributed by atoms with Crippen molar-refractivity contribution >= 4 is 46.8 Å². The third kappa shape index (κ3) is 5.74. The van der Waals surface area contributed by atoms with Gasteiger partial charge in [0, 0.05) is 5.69 Å². The minimum Gasteiger partial charge on any atom is -0.481 e. The fraction of sp³-hybridized carbons (Fsp3) is 0.105. The first-order valence-electron chi connectivity index (χ1n) is 7.70. The molecule has 0 saturated carbocycles. The molecular weight excluding hydrogens is 389 g/mol. The molecule has 6 nitrogen and oxygen atoms in total. The van der Waals surface area contributed by atoms with Crippen molar-refractivity contribution in [2.24, 2.45) is 5.73 Å². The standard InChI is InChI=1S/C19H15Cl2N3O3/c1-11-2-4-14(5-3-11)24-19(26)13(9-22)6-12-7-15(20)18(16(21)8-12)27-10-17(23)25/h2-8H,10H2,1H3,(H2,23,25)(H,24,26)/b13-6+. The predicted molar refractivity (Wildman–Crippen MR) is 105 cm³/mol. The smallest absolute Gasteiger partial charge is 0.266 e. The number of benzene rings is 2. The molecule has 0 atom stereocenters. The largest absolute Gasteiger partial charge is 0.481 e. The number of ether oxygens (including phenoxy) is 1. The number of halogens is 2. The number of nitrogens with zero attached hydrogens (tertiary/aromatic N) is 1. The molecule has 8 heteroatoms.